The van der Waals surface area contributed by atoms with E-state index in [1.807, 2.05) is 19.9 Å². The van der Waals surface area contributed by atoms with E-state index in [1.54, 1.807) is 36.4 Å². The van der Waals surface area contributed by atoms with Crippen LogP contribution in [0.15, 0.2) is 42.5 Å². The summed E-state index contributed by atoms with van der Waals surface area (Å²) in [7, 11) is 0. The van der Waals surface area contributed by atoms with E-state index in [-0.39, 0.29) is 23.3 Å². The highest BCUT2D eigenvalue weighted by molar-refractivity contribution is 6.03. The van der Waals surface area contributed by atoms with E-state index < -0.39 is 5.91 Å². The lowest BCUT2D eigenvalue weighted by Crippen LogP contribution is -2.31. The Hall–Kier alpha value is -3.20. The number of carbonyl (C=O) groups is 2. The highest BCUT2D eigenvalue weighted by atomic mass is 16.2. The maximum absolute atomic E-state index is 12.2. The smallest absolute Gasteiger partial charge is 0.274 e. The van der Waals surface area contributed by atoms with E-state index in [0.29, 0.717) is 11.3 Å². The first-order chi connectivity index (χ1) is 11.0. The summed E-state index contributed by atoms with van der Waals surface area (Å²) in [6.45, 7) is 3.69. The molecule has 2 rings (SSSR count). The molecular formula is C17H16N4O2. The van der Waals surface area contributed by atoms with Gasteiger partial charge in [0.25, 0.3) is 11.8 Å². The van der Waals surface area contributed by atoms with Crippen molar-refractivity contribution in [3.05, 3.63) is 59.4 Å². The Labute approximate surface area is 134 Å². The standard InChI is InChI=1S/C17H16N4O2/c1-11(2)19-16(22)14-4-3-5-15(21-14)17(23)20-13-8-6-12(10-18)7-9-13/h3-9,11H,1-2H3,(H,19,22)(H,20,23). The zero-order chi connectivity index (χ0) is 16.8. The number of carbonyl (C=O) groups excluding carboxylic acids is 2. The largest absolute Gasteiger partial charge is 0.349 e. The monoisotopic (exact) mass is 308 g/mol. The SMILES string of the molecule is CC(C)NC(=O)c1cccc(C(=O)Nc2ccc(C#N)cc2)n1. The summed E-state index contributed by atoms with van der Waals surface area (Å²) in [5, 5.41) is 14.1. The van der Waals surface area contributed by atoms with Crippen molar-refractivity contribution in [2.45, 2.75) is 19.9 Å². The van der Waals surface area contributed by atoms with Gasteiger partial charge in [0.15, 0.2) is 0 Å². The summed E-state index contributed by atoms with van der Waals surface area (Å²) in [4.78, 5) is 28.2. The van der Waals surface area contributed by atoms with E-state index in [9.17, 15) is 9.59 Å². The minimum atomic E-state index is -0.422. The predicted octanol–water partition coefficient (Wildman–Crippen LogP) is 2.34. The van der Waals surface area contributed by atoms with Crippen molar-refractivity contribution in [1.82, 2.24) is 10.3 Å². The molecule has 0 aliphatic carbocycles. The number of hydrogen-bond acceptors (Lipinski definition) is 4. The fraction of sp³-hybridized carbons (Fsp3) is 0.176. The van der Waals surface area contributed by atoms with Gasteiger partial charge in [-0.2, -0.15) is 5.26 Å². The molecular weight excluding hydrogens is 292 g/mol. The van der Waals surface area contributed by atoms with E-state index in [2.05, 4.69) is 15.6 Å². The Morgan fingerprint density at radius 3 is 2.22 bits per heavy atom. The number of rotatable bonds is 4. The van der Waals surface area contributed by atoms with Crippen LogP contribution < -0.4 is 10.6 Å². The molecule has 2 amide bonds. The lowest BCUT2D eigenvalue weighted by Gasteiger charge is -2.09. The molecule has 2 N–H and O–H groups in total. The van der Waals surface area contributed by atoms with Gasteiger partial charge in [0.1, 0.15) is 11.4 Å². The Bertz CT molecular complexity index is 761. The summed E-state index contributed by atoms with van der Waals surface area (Å²) >= 11 is 0. The topological polar surface area (TPSA) is 94.9 Å². The van der Waals surface area contributed by atoms with Crippen molar-refractivity contribution in [2.75, 3.05) is 5.32 Å². The van der Waals surface area contributed by atoms with Gasteiger partial charge in [-0.05, 0) is 50.2 Å². The third-order valence-corrected chi connectivity index (χ3v) is 2.91. The molecule has 0 radical (unpaired) electrons. The van der Waals surface area contributed by atoms with Crippen LogP contribution in [-0.2, 0) is 0 Å². The van der Waals surface area contributed by atoms with E-state index in [0.717, 1.165) is 0 Å². The Kier molecular flexibility index (Phi) is 5.05. The van der Waals surface area contributed by atoms with E-state index >= 15 is 0 Å². The molecule has 0 saturated carbocycles. The first-order valence-corrected chi connectivity index (χ1v) is 7.09. The second-order valence-corrected chi connectivity index (χ2v) is 5.18. The van der Waals surface area contributed by atoms with Crippen molar-refractivity contribution < 1.29 is 9.59 Å². The van der Waals surface area contributed by atoms with Gasteiger partial charge in [-0.15, -0.1) is 0 Å². The summed E-state index contributed by atoms with van der Waals surface area (Å²) in [5.74, 6) is -0.748. The average molecular weight is 308 g/mol. The summed E-state index contributed by atoms with van der Waals surface area (Å²) in [6.07, 6.45) is 0. The van der Waals surface area contributed by atoms with Crippen LogP contribution in [0.3, 0.4) is 0 Å². The molecule has 0 fully saturated rings. The van der Waals surface area contributed by atoms with Gasteiger partial charge >= 0.3 is 0 Å². The number of aromatic nitrogens is 1. The zero-order valence-electron chi connectivity index (χ0n) is 12.8. The lowest BCUT2D eigenvalue weighted by molar-refractivity contribution is 0.0938. The molecule has 2 aromatic rings. The Morgan fingerprint density at radius 2 is 1.65 bits per heavy atom. The third kappa shape index (κ3) is 4.38. The van der Waals surface area contributed by atoms with E-state index in [4.69, 9.17) is 5.26 Å². The van der Waals surface area contributed by atoms with Gasteiger partial charge in [-0.1, -0.05) is 6.07 Å². The van der Waals surface area contributed by atoms with Crippen molar-refractivity contribution in [3.8, 4) is 6.07 Å². The highest BCUT2D eigenvalue weighted by Gasteiger charge is 2.13. The van der Waals surface area contributed by atoms with E-state index in [1.165, 1.54) is 6.07 Å². The first kappa shape index (κ1) is 16.2. The molecule has 6 nitrogen and oxygen atoms in total. The van der Waals surface area contributed by atoms with Crippen LogP contribution in [0.2, 0.25) is 0 Å². The zero-order valence-corrected chi connectivity index (χ0v) is 12.8. The highest BCUT2D eigenvalue weighted by Crippen LogP contribution is 2.10. The number of benzene rings is 1. The quantitative estimate of drug-likeness (QED) is 0.906. The number of pyridine rings is 1. The van der Waals surface area contributed by atoms with Crippen LogP contribution in [0.4, 0.5) is 5.69 Å². The fourth-order valence-electron chi connectivity index (χ4n) is 1.85. The molecule has 0 spiro atoms. The molecule has 6 heteroatoms. The van der Waals surface area contributed by atoms with Crippen LogP contribution in [0.1, 0.15) is 40.4 Å². The Balaban J connectivity index is 2.13. The minimum Gasteiger partial charge on any atom is -0.349 e. The van der Waals surface area contributed by atoms with Gasteiger partial charge in [-0.3, -0.25) is 9.59 Å². The summed E-state index contributed by atoms with van der Waals surface area (Å²) in [5.41, 5.74) is 1.39. The first-order valence-electron chi connectivity index (χ1n) is 7.09. The van der Waals surface area contributed by atoms with Gasteiger partial charge in [0.05, 0.1) is 11.6 Å². The number of nitrogens with one attached hydrogen (secondary N) is 2. The van der Waals surface area contributed by atoms with Crippen molar-refractivity contribution in [3.63, 3.8) is 0 Å². The van der Waals surface area contributed by atoms with Gasteiger partial charge in [-0.25, -0.2) is 4.98 Å². The molecule has 116 valence electrons. The number of amides is 2. The average Bonchev–Trinajstić information content (AvgIpc) is 2.55. The predicted molar refractivity (Wildman–Crippen MR) is 85.9 cm³/mol. The minimum absolute atomic E-state index is 0.0135. The van der Waals surface area contributed by atoms with Crippen molar-refractivity contribution in [1.29, 1.82) is 5.26 Å². The van der Waals surface area contributed by atoms with Crippen LogP contribution in [0.25, 0.3) is 0 Å². The molecule has 1 aromatic heterocycles. The third-order valence-electron chi connectivity index (χ3n) is 2.91. The normalized spacial score (nSPS) is 10.0. The number of anilines is 1. The molecule has 0 aliphatic heterocycles. The van der Waals surface area contributed by atoms with Crippen LogP contribution >= 0.6 is 0 Å². The van der Waals surface area contributed by atoms with Crippen LogP contribution in [0.5, 0.6) is 0 Å². The van der Waals surface area contributed by atoms with Gasteiger partial charge in [0.2, 0.25) is 0 Å². The molecule has 0 unspecified atom stereocenters. The lowest BCUT2D eigenvalue weighted by atomic mass is 10.2. The second-order valence-electron chi connectivity index (χ2n) is 5.18. The fourth-order valence-corrected chi connectivity index (χ4v) is 1.85. The van der Waals surface area contributed by atoms with Gasteiger partial charge in [0, 0.05) is 11.7 Å². The number of nitriles is 1. The molecule has 0 bridgehead atoms. The van der Waals surface area contributed by atoms with Gasteiger partial charge < -0.3 is 10.6 Å². The summed E-state index contributed by atoms with van der Waals surface area (Å²) < 4.78 is 0. The molecule has 23 heavy (non-hydrogen) atoms. The van der Waals surface area contributed by atoms with Crippen LogP contribution in [0, 0.1) is 11.3 Å². The number of nitrogens with zero attached hydrogens (tertiary/aromatic N) is 2. The molecule has 0 aliphatic rings. The molecule has 0 atom stereocenters. The molecule has 0 saturated heterocycles. The summed E-state index contributed by atoms with van der Waals surface area (Å²) in [6, 6.07) is 13.2. The van der Waals surface area contributed by atoms with Crippen LogP contribution in [-0.4, -0.2) is 22.8 Å². The number of hydrogen-bond donors (Lipinski definition) is 2. The maximum Gasteiger partial charge on any atom is 0.274 e. The maximum atomic E-state index is 12.2. The Morgan fingerprint density at radius 1 is 1.04 bits per heavy atom. The second kappa shape index (κ2) is 7.18. The molecule has 1 heterocycles. The van der Waals surface area contributed by atoms with Crippen molar-refractivity contribution >= 4 is 17.5 Å². The molecule has 1 aromatic carbocycles. The van der Waals surface area contributed by atoms with Crippen molar-refractivity contribution in [2.24, 2.45) is 0 Å².